The van der Waals surface area contributed by atoms with E-state index in [0.29, 0.717) is 29.4 Å². The molecule has 0 aliphatic heterocycles. The van der Waals surface area contributed by atoms with E-state index in [0.717, 1.165) is 6.08 Å². The van der Waals surface area contributed by atoms with E-state index in [1.165, 1.54) is 32.4 Å². The van der Waals surface area contributed by atoms with Gasteiger partial charge in [-0.05, 0) is 48.9 Å². The Kier molecular flexibility index (Phi) is 6.82. The Morgan fingerprint density at radius 2 is 1.67 bits per heavy atom. The van der Waals surface area contributed by atoms with Gasteiger partial charge in [0.05, 0.1) is 32.4 Å². The van der Waals surface area contributed by atoms with E-state index in [9.17, 15) is 14.7 Å². The van der Waals surface area contributed by atoms with Crippen molar-refractivity contribution < 1.29 is 33.6 Å². The van der Waals surface area contributed by atoms with Crippen LogP contribution >= 0.6 is 0 Å². The first-order valence-corrected chi connectivity index (χ1v) is 8.08. The predicted molar refractivity (Wildman–Crippen MR) is 96.2 cm³/mol. The van der Waals surface area contributed by atoms with E-state index < -0.39 is 11.9 Å². The molecule has 0 aromatic heterocycles. The number of rotatable bonds is 8. The van der Waals surface area contributed by atoms with E-state index in [-0.39, 0.29) is 11.3 Å². The molecule has 0 bridgehead atoms. The van der Waals surface area contributed by atoms with Crippen molar-refractivity contribution in [2.24, 2.45) is 0 Å². The zero-order valence-electron chi connectivity index (χ0n) is 15.2. The predicted octanol–water partition coefficient (Wildman–Crippen LogP) is 2.08. The maximum atomic E-state index is 12.5. The number of carbonyl (C=O) groups is 2. The summed E-state index contributed by atoms with van der Waals surface area (Å²) < 4.78 is 21.2. The zero-order valence-corrected chi connectivity index (χ0v) is 15.2. The number of carbonyl (C=O) groups excluding carboxylic acids is 2. The van der Waals surface area contributed by atoms with Gasteiger partial charge in [0.15, 0.2) is 23.0 Å². The molecule has 7 nitrogen and oxygen atoms in total. The second-order valence-electron chi connectivity index (χ2n) is 5.25. The molecule has 0 unspecified atom stereocenters. The molecule has 27 heavy (non-hydrogen) atoms. The molecular weight excluding hydrogens is 352 g/mol. The van der Waals surface area contributed by atoms with Gasteiger partial charge in [0, 0.05) is 0 Å². The highest BCUT2D eigenvalue weighted by Crippen LogP contribution is 2.31. The fourth-order valence-corrected chi connectivity index (χ4v) is 2.27. The summed E-state index contributed by atoms with van der Waals surface area (Å²) >= 11 is 0. The van der Waals surface area contributed by atoms with Crippen LogP contribution in [0.4, 0.5) is 0 Å². The van der Waals surface area contributed by atoms with Crippen molar-refractivity contribution in [1.82, 2.24) is 0 Å². The van der Waals surface area contributed by atoms with Crippen LogP contribution in [0.15, 0.2) is 42.5 Å². The van der Waals surface area contributed by atoms with Crippen LogP contribution in [-0.2, 0) is 4.79 Å². The largest absolute Gasteiger partial charge is 0.545 e. The Morgan fingerprint density at radius 1 is 0.963 bits per heavy atom. The fraction of sp³-hybridized carbons (Fsp3) is 0.200. The van der Waals surface area contributed by atoms with Crippen LogP contribution in [0.2, 0.25) is 0 Å². The van der Waals surface area contributed by atoms with E-state index in [4.69, 9.17) is 18.9 Å². The summed E-state index contributed by atoms with van der Waals surface area (Å²) in [4.78, 5) is 23.0. The summed E-state index contributed by atoms with van der Waals surface area (Å²) in [7, 11) is 2.97. The van der Waals surface area contributed by atoms with Crippen LogP contribution in [0.1, 0.15) is 22.8 Å². The molecule has 0 spiro atoms. The second kappa shape index (κ2) is 9.28. The fourth-order valence-electron chi connectivity index (χ4n) is 2.27. The molecular formula is C20H19O7-. The van der Waals surface area contributed by atoms with Gasteiger partial charge in [-0.1, -0.05) is 12.1 Å². The molecule has 2 aromatic carbocycles. The summed E-state index contributed by atoms with van der Waals surface area (Å²) in [5.74, 6) is -0.492. The molecule has 0 N–H and O–H groups in total. The topological polar surface area (TPSA) is 94.1 Å². The van der Waals surface area contributed by atoms with Gasteiger partial charge >= 0.3 is 5.97 Å². The number of hydrogen-bond acceptors (Lipinski definition) is 7. The highest BCUT2D eigenvalue weighted by molar-refractivity contribution is 5.92. The van der Waals surface area contributed by atoms with E-state index in [2.05, 4.69) is 0 Å². The van der Waals surface area contributed by atoms with E-state index in [1.54, 1.807) is 31.2 Å². The number of benzene rings is 2. The molecule has 0 amide bonds. The van der Waals surface area contributed by atoms with Gasteiger partial charge in [0.25, 0.3) is 0 Å². The second-order valence-corrected chi connectivity index (χ2v) is 5.25. The van der Waals surface area contributed by atoms with Crippen molar-refractivity contribution >= 4 is 18.0 Å². The first-order chi connectivity index (χ1) is 13.0. The number of esters is 1. The van der Waals surface area contributed by atoms with Crippen molar-refractivity contribution in [3.63, 3.8) is 0 Å². The quantitative estimate of drug-likeness (QED) is 0.398. The summed E-state index contributed by atoms with van der Waals surface area (Å²) in [6.07, 6.45) is 2.26. The Bertz CT molecular complexity index is 855. The minimum absolute atomic E-state index is 0.210. The van der Waals surface area contributed by atoms with Crippen molar-refractivity contribution in [3.05, 3.63) is 53.6 Å². The number of aliphatic carboxylic acids is 1. The molecule has 142 valence electrons. The molecule has 7 heteroatoms. The smallest absolute Gasteiger partial charge is 0.343 e. The molecule has 0 saturated carbocycles. The molecule has 2 aromatic rings. The molecule has 0 heterocycles. The van der Waals surface area contributed by atoms with Gasteiger partial charge in [-0.3, -0.25) is 0 Å². The van der Waals surface area contributed by atoms with Crippen molar-refractivity contribution in [1.29, 1.82) is 0 Å². The molecule has 0 atom stereocenters. The third kappa shape index (κ3) is 5.24. The van der Waals surface area contributed by atoms with Crippen LogP contribution in [0.5, 0.6) is 23.0 Å². The standard InChI is InChI=1S/C20H20O7/c1-4-26-18-11-13(6-10-19(21)22)5-8-16(18)27-20(23)14-7-9-15(24-2)17(12-14)25-3/h5-12H,4H2,1-3H3,(H,21,22)/p-1/b10-6+. The van der Waals surface area contributed by atoms with Gasteiger partial charge in [-0.2, -0.15) is 0 Å². The number of hydrogen-bond donors (Lipinski definition) is 0. The average molecular weight is 371 g/mol. The van der Waals surface area contributed by atoms with Crippen molar-refractivity contribution in [2.75, 3.05) is 20.8 Å². The summed E-state index contributed by atoms with van der Waals surface area (Å²) in [5.41, 5.74) is 0.838. The van der Waals surface area contributed by atoms with Gasteiger partial charge in [0.1, 0.15) is 0 Å². The van der Waals surface area contributed by atoms with Crippen molar-refractivity contribution in [2.45, 2.75) is 6.92 Å². The summed E-state index contributed by atoms with van der Waals surface area (Å²) in [5, 5.41) is 10.5. The molecule has 0 fully saturated rings. The van der Waals surface area contributed by atoms with Gasteiger partial charge in [-0.25, -0.2) is 4.79 Å². The van der Waals surface area contributed by atoms with Crippen LogP contribution < -0.4 is 24.1 Å². The van der Waals surface area contributed by atoms with Crippen LogP contribution in [0.3, 0.4) is 0 Å². The highest BCUT2D eigenvalue weighted by Gasteiger charge is 2.15. The summed E-state index contributed by atoms with van der Waals surface area (Å²) in [6.45, 7) is 2.12. The van der Waals surface area contributed by atoms with Gasteiger partial charge in [0.2, 0.25) is 0 Å². The number of ether oxygens (including phenoxy) is 4. The molecule has 0 saturated heterocycles. The SMILES string of the molecule is CCOc1cc(/C=C/C(=O)[O-])ccc1OC(=O)c1ccc(OC)c(OC)c1. The lowest BCUT2D eigenvalue weighted by Gasteiger charge is -2.12. The lowest BCUT2D eigenvalue weighted by molar-refractivity contribution is -0.297. The lowest BCUT2D eigenvalue weighted by atomic mass is 10.1. The van der Waals surface area contributed by atoms with Gasteiger partial charge in [-0.15, -0.1) is 0 Å². The Labute approximate surface area is 156 Å². The van der Waals surface area contributed by atoms with Crippen LogP contribution in [-0.4, -0.2) is 32.8 Å². The third-order valence-electron chi connectivity index (χ3n) is 3.50. The van der Waals surface area contributed by atoms with E-state index >= 15 is 0 Å². The summed E-state index contributed by atoms with van der Waals surface area (Å²) in [6, 6.07) is 9.37. The Balaban J connectivity index is 2.27. The maximum absolute atomic E-state index is 12.5. The minimum Gasteiger partial charge on any atom is -0.545 e. The Morgan fingerprint density at radius 3 is 2.30 bits per heavy atom. The normalized spacial score (nSPS) is 10.5. The van der Waals surface area contributed by atoms with Crippen LogP contribution in [0, 0.1) is 0 Å². The van der Waals surface area contributed by atoms with Crippen molar-refractivity contribution in [3.8, 4) is 23.0 Å². The number of carboxylic acid groups (broad SMARTS) is 1. The molecule has 2 rings (SSSR count). The van der Waals surface area contributed by atoms with E-state index in [1.807, 2.05) is 0 Å². The first-order valence-electron chi connectivity index (χ1n) is 8.08. The molecule has 0 radical (unpaired) electrons. The third-order valence-corrected chi connectivity index (χ3v) is 3.50. The van der Waals surface area contributed by atoms with Gasteiger partial charge < -0.3 is 28.8 Å². The highest BCUT2D eigenvalue weighted by atomic mass is 16.6. The maximum Gasteiger partial charge on any atom is 0.343 e. The molecule has 0 aliphatic rings. The molecule has 0 aliphatic carbocycles. The number of carboxylic acids is 1. The Hall–Kier alpha value is -3.48. The minimum atomic E-state index is -1.31. The monoisotopic (exact) mass is 371 g/mol. The average Bonchev–Trinajstić information content (AvgIpc) is 2.67. The lowest BCUT2D eigenvalue weighted by Crippen LogP contribution is -2.18. The van der Waals surface area contributed by atoms with Crippen LogP contribution in [0.25, 0.3) is 6.08 Å². The zero-order chi connectivity index (χ0) is 19.8. The first kappa shape index (κ1) is 19.8. The number of methoxy groups -OCH3 is 2.